The lowest BCUT2D eigenvalue weighted by atomic mass is 9.97. The normalized spacial score (nSPS) is 28.6. The molecule has 3 atom stereocenters. The molecule has 0 aliphatic carbocycles. The summed E-state index contributed by atoms with van der Waals surface area (Å²) in [4.78, 5) is 25.3. The Bertz CT molecular complexity index is 883. The van der Waals surface area contributed by atoms with E-state index in [9.17, 15) is 14.0 Å². The van der Waals surface area contributed by atoms with Crippen LogP contribution in [0.5, 0.6) is 0 Å². The van der Waals surface area contributed by atoms with E-state index in [1.807, 2.05) is 38.1 Å². The third-order valence-electron chi connectivity index (χ3n) is 4.99. The Balaban J connectivity index is 2.03. The summed E-state index contributed by atoms with van der Waals surface area (Å²) >= 11 is 0. The molecule has 1 fully saturated rings. The minimum atomic E-state index is -1.02. The summed E-state index contributed by atoms with van der Waals surface area (Å²) in [7, 11) is 0. The zero-order chi connectivity index (χ0) is 21.3. The maximum Gasteiger partial charge on any atom is 0.339 e. The monoisotopic (exact) mass is 402 g/mol. The van der Waals surface area contributed by atoms with Gasteiger partial charge in [0.2, 0.25) is 5.78 Å². The number of halogens is 1. The van der Waals surface area contributed by atoms with Crippen LogP contribution in [0.4, 0.5) is 4.39 Å². The lowest BCUT2D eigenvalue weighted by Crippen LogP contribution is -2.32. The van der Waals surface area contributed by atoms with Gasteiger partial charge >= 0.3 is 5.97 Å². The molecule has 1 unspecified atom stereocenters. The highest BCUT2D eigenvalue weighted by molar-refractivity contribution is 5.98. The number of carbonyl (C=O) groups is 2. The van der Waals surface area contributed by atoms with E-state index >= 15 is 0 Å². The number of benzene rings is 1. The van der Waals surface area contributed by atoms with Crippen molar-refractivity contribution in [1.82, 2.24) is 0 Å². The molecule has 0 amide bonds. The van der Waals surface area contributed by atoms with Crippen LogP contribution in [-0.2, 0) is 19.0 Å². The van der Waals surface area contributed by atoms with Crippen LogP contribution in [0.1, 0.15) is 60.7 Å². The fourth-order valence-corrected chi connectivity index (χ4v) is 3.77. The SMILES string of the molecule is Cc1cc(C)c2c(c1)/C=C/C[C@@H]1OC(C)(C)O[C@@H]1C(=O)C(F)=CCC(C)OC2=O. The van der Waals surface area contributed by atoms with E-state index in [-0.39, 0.29) is 6.42 Å². The molecule has 0 aromatic heterocycles. The number of Topliss-reactive ketones (excluding diaryl/α,β-unsaturated/α-hetero) is 1. The second kappa shape index (κ2) is 8.20. The van der Waals surface area contributed by atoms with Crippen molar-refractivity contribution >= 4 is 17.8 Å². The van der Waals surface area contributed by atoms with Crippen molar-refractivity contribution in [1.29, 1.82) is 0 Å². The van der Waals surface area contributed by atoms with Gasteiger partial charge in [0.1, 0.15) is 6.10 Å². The first-order valence-corrected chi connectivity index (χ1v) is 9.81. The summed E-state index contributed by atoms with van der Waals surface area (Å²) < 4.78 is 31.5. The minimum absolute atomic E-state index is 0.0844. The molecule has 0 bridgehead atoms. The van der Waals surface area contributed by atoms with Gasteiger partial charge in [0.05, 0.1) is 11.7 Å². The van der Waals surface area contributed by atoms with Crippen molar-refractivity contribution < 1.29 is 28.2 Å². The summed E-state index contributed by atoms with van der Waals surface area (Å²) in [6, 6.07) is 3.83. The van der Waals surface area contributed by atoms with Gasteiger partial charge in [-0.15, -0.1) is 0 Å². The lowest BCUT2D eigenvalue weighted by Gasteiger charge is -2.17. The second-order valence-corrected chi connectivity index (χ2v) is 8.15. The fourth-order valence-electron chi connectivity index (χ4n) is 3.77. The average molecular weight is 402 g/mol. The Morgan fingerprint density at radius 1 is 1.10 bits per heavy atom. The number of rotatable bonds is 0. The molecule has 2 aliphatic rings. The predicted molar refractivity (Wildman–Crippen MR) is 107 cm³/mol. The van der Waals surface area contributed by atoms with Gasteiger partial charge in [0.15, 0.2) is 17.7 Å². The molecule has 0 saturated carbocycles. The summed E-state index contributed by atoms with van der Waals surface area (Å²) in [5, 5.41) is 0. The molecule has 1 aromatic rings. The van der Waals surface area contributed by atoms with Gasteiger partial charge in [0.25, 0.3) is 0 Å². The molecule has 156 valence electrons. The summed E-state index contributed by atoms with van der Waals surface area (Å²) in [5.41, 5.74) is 3.05. The van der Waals surface area contributed by atoms with Crippen LogP contribution >= 0.6 is 0 Å². The molecular formula is C23H27FO5. The quantitative estimate of drug-likeness (QED) is 0.594. The van der Waals surface area contributed by atoms with Gasteiger partial charge in [-0.1, -0.05) is 29.8 Å². The minimum Gasteiger partial charge on any atom is -0.459 e. The molecule has 1 saturated heterocycles. The average Bonchev–Trinajstić information content (AvgIpc) is 2.92. The van der Waals surface area contributed by atoms with E-state index < -0.39 is 41.7 Å². The van der Waals surface area contributed by atoms with Crippen molar-refractivity contribution in [2.75, 3.05) is 0 Å². The Kier molecular flexibility index (Phi) is 6.05. The molecule has 0 spiro atoms. The Morgan fingerprint density at radius 2 is 1.83 bits per heavy atom. The number of carbonyl (C=O) groups excluding carboxylic acids is 2. The first-order valence-electron chi connectivity index (χ1n) is 9.81. The predicted octanol–water partition coefficient (Wildman–Crippen LogP) is 4.60. The van der Waals surface area contributed by atoms with Crippen LogP contribution in [0.2, 0.25) is 0 Å². The third kappa shape index (κ3) is 4.82. The van der Waals surface area contributed by atoms with E-state index in [1.54, 1.807) is 20.8 Å². The smallest absolute Gasteiger partial charge is 0.339 e. The maximum absolute atomic E-state index is 14.5. The van der Waals surface area contributed by atoms with Crippen LogP contribution in [0, 0.1) is 13.8 Å². The molecule has 1 aromatic carbocycles. The zero-order valence-corrected chi connectivity index (χ0v) is 17.5. The standard InChI is InChI=1S/C23H27FO5/c1-13-11-14(2)19-16(12-13)7-6-8-18-21(29-23(4,5)28-18)20(25)17(24)10-9-15(3)27-22(19)26/h6-7,10-12,15,18,21H,8-9H2,1-5H3/b7-6+,17-10?/t15?,18-,21-/m0/s1. The van der Waals surface area contributed by atoms with Gasteiger partial charge in [-0.25, -0.2) is 9.18 Å². The molecular weight excluding hydrogens is 375 g/mol. The van der Waals surface area contributed by atoms with Crippen LogP contribution in [0.3, 0.4) is 0 Å². The van der Waals surface area contributed by atoms with E-state index in [4.69, 9.17) is 14.2 Å². The van der Waals surface area contributed by atoms with Crippen molar-refractivity contribution in [2.24, 2.45) is 0 Å². The first kappa shape index (κ1) is 21.4. The second-order valence-electron chi connectivity index (χ2n) is 8.15. The molecule has 0 radical (unpaired) electrons. The van der Waals surface area contributed by atoms with E-state index in [0.717, 1.165) is 22.8 Å². The van der Waals surface area contributed by atoms with Gasteiger partial charge in [-0.3, -0.25) is 4.79 Å². The van der Waals surface area contributed by atoms with Crippen LogP contribution in [0.15, 0.2) is 30.1 Å². The number of cyclic esters (lactones) is 1. The van der Waals surface area contributed by atoms with Crippen molar-refractivity contribution in [2.45, 2.75) is 71.6 Å². The molecule has 6 heteroatoms. The third-order valence-corrected chi connectivity index (χ3v) is 4.99. The first-order chi connectivity index (χ1) is 13.6. The van der Waals surface area contributed by atoms with Gasteiger partial charge in [-0.2, -0.15) is 0 Å². The largest absolute Gasteiger partial charge is 0.459 e. The summed E-state index contributed by atoms with van der Waals surface area (Å²) in [6.07, 6.45) is 2.98. The highest BCUT2D eigenvalue weighted by Crippen LogP contribution is 2.33. The summed E-state index contributed by atoms with van der Waals surface area (Å²) in [6.45, 7) is 8.88. The van der Waals surface area contributed by atoms with Gasteiger partial charge < -0.3 is 14.2 Å². The maximum atomic E-state index is 14.5. The number of ether oxygens (including phenoxy) is 3. The Labute approximate surface area is 170 Å². The molecule has 2 heterocycles. The molecule has 3 rings (SSSR count). The topological polar surface area (TPSA) is 61.8 Å². The number of fused-ring (bicyclic) bond motifs is 2. The van der Waals surface area contributed by atoms with E-state index in [0.29, 0.717) is 12.0 Å². The summed E-state index contributed by atoms with van der Waals surface area (Å²) in [5.74, 6) is -3.11. The van der Waals surface area contributed by atoms with Crippen molar-refractivity contribution in [3.05, 3.63) is 52.4 Å². The molecule has 29 heavy (non-hydrogen) atoms. The number of ketones is 1. The lowest BCUT2D eigenvalue weighted by molar-refractivity contribution is -0.153. The zero-order valence-electron chi connectivity index (χ0n) is 17.5. The van der Waals surface area contributed by atoms with Crippen LogP contribution in [-0.4, -0.2) is 35.9 Å². The van der Waals surface area contributed by atoms with Gasteiger partial charge in [0, 0.05) is 6.42 Å². The van der Waals surface area contributed by atoms with E-state index in [2.05, 4.69) is 0 Å². The Morgan fingerprint density at radius 3 is 2.55 bits per heavy atom. The highest BCUT2D eigenvalue weighted by Gasteiger charge is 2.45. The highest BCUT2D eigenvalue weighted by atomic mass is 19.1. The number of esters is 1. The van der Waals surface area contributed by atoms with Gasteiger partial charge in [-0.05, 0) is 58.2 Å². The molecule has 0 N–H and O–H groups in total. The number of hydrogen-bond donors (Lipinski definition) is 0. The number of hydrogen-bond acceptors (Lipinski definition) is 5. The number of aryl methyl sites for hydroxylation is 2. The van der Waals surface area contributed by atoms with E-state index in [1.165, 1.54) is 0 Å². The fraction of sp³-hybridized carbons (Fsp3) is 0.478. The van der Waals surface area contributed by atoms with Crippen LogP contribution < -0.4 is 0 Å². The molecule has 5 nitrogen and oxygen atoms in total. The molecule has 2 aliphatic heterocycles. The van der Waals surface area contributed by atoms with Crippen LogP contribution in [0.25, 0.3) is 6.08 Å². The van der Waals surface area contributed by atoms with Crippen molar-refractivity contribution in [3.8, 4) is 0 Å². The Hall–Kier alpha value is -2.31. The van der Waals surface area contributed by atoms with Crippen molar-refractivity contribution in [3.63, 3.8) is 0 Å².